The predicted octanol–water partition coefficient (Wildman–Crippen LogP) is 5.29. The molecule has 0 aliphatic rings. The number of aromatic nitrogens is 2. The maximum absolute atomic E-state index is 4.86. The zero-order valence-electron chi connectivity index (χ0n) is 13.6. The molecule has 0 spiro atoms. The molecule has 0 fully saturated rings. The highest BCUT2D eigenvalue weighted by Crippen LogP contribution is 2.26. The highest BCUT2D eigenvalue weighted by Gasteiger charge is 2.12. The van der Waals surface area contributed by atoms with Crippen molar-refractivity contribution >= 4 is 11.0 Å². The van der Waals surface area contributed by atoms with E-state index in [9.17, 15) is 0 Å². The lowest BCUT2D eigenvalue weighted by Gasteiger charge is -2.10. The maximum atomic E-state index is 4.86. The van der Waals surface area contributed by atoms with Gasteiger partial charge in [-0.25, -0.2) is 4.98 Å². The molecular formula is C20H22N2. The van der Waals surface area contributed by atoms with Crippen LogP contribution in [0.25, 0.3) is 22.4 Å². The van der Waals surface area contributed by atoms with Crippen LogP contribution in [0.3, 0.4) is 0 Å². The first-order valence-electron chi connectivity index (χ1n) is 7.73. The van der Waals surface area contributed by atoms with Crippen LogP contribution >= 0.6 is 0 Å². The van der Waals surface area contributed by atoms with Crippen LogP contribution in [-0.2, 0) is 6.54 Å². The Morgan fingerprint density at radius 3 is 2.41 bits per heavy atom. The summed E-state index contributed by atoms with van der Waals surface area (Å²) in [5, 5.41) is 0. The van der Waals surface area contributed by atoms with Gasteiger partial charge in [-0.15, -0.1) is 6.58 Å². The molecule has 3 rings (SSSR count). The summed E-state index contributed by atoms with van der Waals surface area (Å²) in [4.78, 5) is 4.86. The summed E-state index contributed by atoms with van der Waals surface area (Å²) in [6.45, 7) is 11.3. The van der Waals surface area contributed by atoms with Crippen LogP contribution < -0.4 is 0 Å². The molecular weight excluding hydrogens is 268 g/mol. The second-order valence-corrected chi connectivity index (χ2v) is 6.15. The van der Waals surface area contributed by atoms with Gasteiger partial charge in [0.2, 0.25) is 0 Å². The van der Waals surface area contributed by atoms with Crippen LogP contribution in [-0.4, -0.2) is 9.55 Å². The van der Waals surface area contributed by atoms with Crippen molar-refractivity contribution in [1.82, 2.24) is 9.55 Å². The largest absolute Gasteiger partial charge is 0.324 e. The number of hydrogen-bond donors (Lipinski definition) is 0. The molecule has 1 heterocycles. The Morgan fingerprint density at radius 1 is 1.05 bits per heavy atom. The van der Waals surface area contributed by atoms with Crippen molar-refractivity contribution in [2.45, 2.75) is 33.7 Å². The Balaban J connectivity index is 2.16. The van der Waals surface area contributed by atoms with E-state index in [2.05, 4.69) is 74.4 Å². The fourth-order valence-corrected chi connectivity index (χ4v) is 2.68. The van der Waals surface area contributed by atoms with Gasteiger partial charge in [0, 0.05) is 12.1 Å². The Morgan fingerprint density at radius 2 is 1.73 bits per heavy atom. The van der Waals surface area contributed by atoms with Crippen LogP contribution in [0.4, 0.5) is 0 Å². The van der Waals surface area contributed by atoms with Gasteiger partial charge in [0.25, 0.3) is 0 Å². The lowest BCUT2D eigenvalue weighted by molar-refractivity contribution is 0.719. The summed E-state index contributed by atoms with van der Waals surface area (Å²) in [6.07, 6.45) is 0.970. The molecule has 0 bridgehead atoms. The number of benzene rings is 2. The van der Waals surface area contributed by atoms with Gasteiger partial charge < -0.3 is 4.57 Å². The third-order valence-corrected chi connectivity index (χ3v) is 3.98. The van der Waals surface area contributed by atoms with Crippen molar-refractivity contribution in [2.75, 3.05) is 0 Å². The highest BCUT2D eigenvalue weighted by atomic mass is 15.1. The number of hydrogen-bond acceptors (Lipinski definition) is 1. The van der Waals surface area contributed by atoms with Crippen LogP contribution in [0.2, 0.25) is 0 Å². The molecule has 1 aromatic heterocycles. The van der Waals surface area contributed by atoms with Crippen molar-refractivity contribution in [3.8, 4) is 11.4 Å². The zero-order valence-corrected chi connectivity index (χ0v) is 13.6. The standard InChI is InChI=1S/C20H22N2/c1-14(2)11-12-22-19-13-16(4)7-10-18(19)21-20(22)17-8-5-15(3)6-9-17/h5-10,13H,1,11-12H2,2-4H3. The second kappa shape index (κ2) is 5.80. The van der Waals surface area contributed by atoms with E-state index in [0.717, 1.165) is 24.3 Å². The predicted molar refractivity (Wildman–Crippen MR) is 94.1 cm³/mol. The summed E-state index contributed by atoms with van der Waals surface area (Å²) in [5.41, 5.74) is 7.16. The van der Waals surface area contributed by atoms with Crippen LogP contribution in [0.5, 0.6) is 0 Å². The third kappa shape index (κ3) is 2.82. The van der Waals surface area contributed by atoms with E-state index < -0.39 is 0 Å². The Hall–Kier alpha value is -2.35. The average Bonchev–Trinajstić information content (AvgIpc) is 2.83. The van der Waals surface area contributed by atoms with E-state index in [1.807, 2.05) is 0 Å². The molecule has 0 aliphatic heterocycles. The minimum Gasteiger partial charge on any atom is -0.324 e. The molecule has 0 radical (unpaired) electrons. The molecule has 0 atom stereocenters. The molecule has 0 unspecified atom stereocenters. The fraction of sp³-hybridized carbons (Fsp3) is 0.250. The lowest BCUT2D eigenvalue weighted by atomic mass is 10.1. The molecule has 0 N–H and O–H groups in total. The summed E-state index contributed by atoms with van der Waals surface area (Å²) in [6, 6.07) is 15.0. The molecule has 112 valence electrons. The molecule has 2 nitrogen and oxygen atoms in total. The summed E-state index contributed by atoms with van der Waals surface area (Å²) in [5.74, 6) is 1.04. The molecule has 0 aliphatic carbocycles. The normalized spacial score (nSPS) is 11.0. The fourth-order valence-electron chi connectivity index (χ4n) is 2.68. The molecule has 2 aromatic carbocycles. The van der Waals surface area contributed by atoms with E-state index >= 15 is 0 Å². The number of aryl methyl sites for hydroxylation is 3. The van der Waals surface area contributed by atoms with Crippen LogP contribution in [0, 0.1) is 13.8 Å². The highest BCUT2D eigenvalue weighted by molar-refractivity contribution is 5.81. The van der Waals surface area contributed by atoms with Gasteiger partial charge in [0.05, 0.1) is 11.0 Å². The Kier molecular flexibility index (Phi) is 3.84. The van der Waals surface area contributed by atoms with E-state index in [1.165, 1.54) is 27.8 Å². The Bertz CT molecular complexity index is 823. The maximum Gasteiger partial charge on any atom is 0.141 e. The minimum absolute atomic E-state index is 0.915. The molecule has 3 aromatic rings. The van der Waals surface area contributed by atoms with E-state index in [-0.39, 0.29) is 0 Å². The van der Waals surface area contributed by atoms with Gasteiger partial charge in [-0.3, -0.25) is 0 Å². The molecule has 0 saturated heterocycles. The van der Waals surface area contributed by atoms with Gasteiger partial charge >= 0.3 is 0 Å². The SMILES string of the molecule is C=C(C)CCn1c(-c2ccc(C)cc2)nc2ccc(C)cc21. The Labute approximate surface area is 132 Å². The van der Waals surface area contributed by atoms with Gasteiger partial charge in [-0.1, -0.05) is 41.5 Å². The number of nitrogens with zero attached hydrogens (tertiary/aromatic N) is 2. The van der Waals surface area contributed by atoms with E-state index in [0.29, 0.717) is 0 Å². The first kappa shape index (κ1) is 14.6. The topological polar surface area (TPSA) is 17.8 Å². The smallest absolute Gasteiger partial charge is 0.141 e. The number of rotatable bonds is 4. The molecule has 2 heteroatoms. The van der Waals surface area contributed by atoms with E-state index in [1.54, 1.807) is 0 Å². The average molecular weight is 290 g/mol. The first-order valence-corrected chi connectivity index (χ1v) is 7.73. The van der Waals surface area contributed by atoms with E-state index in [4.69, 9.17) is 4.98 Å². The lowest BCUT2D eigenvalue weighted by Crippen LogP contribution is -2.01. The van der Waals surface area contributed by atoms with Crippen molar-refractivity contribution in [1.29, 1.82) is 0 Å². The van der Waals surface area contributed by atoms with Gasteiger partial charge in [-0.05, 0) is 44.9 Å². The minimum atomic E-state index is 0.915. The van der Waals surface area contributed by atoms with Crippen molar-refractivity contribution < 1.29 is 0 Å². The molecule has 0 amide bonds. The summed E-state index contributed by atoms with van der Waals surface area (Å²) < 4.78 is 2.32. The van der Waals surface area contributed by atoms with Gasteiger partial charge in [-0.2, -0.15) is 0 Å². The monoisotopic (exact) mass is 290 g/mol. The van der Waals surface area contributed by atoms with Crippen molar-refractivity contribution in [3.05, 3.63) is 65.7 Å². The third-order valence-electron chi connectivity index (χ3n) is 3.98. The molecule has 22 heavy (non-hydrogen) atoms. The quantitative estimate of drug-likeness (QED) is 0.597. The first-order chi connectivity index (χ1) is 10.5. The number of fused-ring (bicyclic) bond motifs is 1. The van der Waals surface area contributed by atoms with Crippen LogP contribution in [0.1, 0.15) is 24.5 Å². The van der Waals surface area contributed by atoms with Crippen molar-refractivity contribution in [3.63, 3.8) is 0 Å². The summed E-state index contributed by atoms with van der Waals surface area (Å²) in [7, 11) is 0. The number of imidazole rings is 1. The zero-order chi connectivity index (χ0) is 15.7. The molecule has 0 saturated carbocycles. The van der Waals surface area contributed by atoms with Gasteiger partial charge in [0.1, 0.15) is 5.82 Å². The number of allylic oxidation sites excluding steroid dienone is 1. The summed E-state index contributed by atoms with van der Waals surface area (Å²) >= 11 is 0. The second-order valence-electron chi connectivity index (χ2n) is 6.15. The van der Waals surface area contributed by atoms with Crippen LogP contribution in [0.15, 0.2) is 54.6 Å². The van der Waals surface area contributed by atoms with Gasteiger partial charge in [0.15, 0.2) is 0 Å². The van der Waals surface area contributed by atoms with Crippen molar-refractivity contribution in [2.24, 2.45) is 0 Å².